The lowest BCUT2D eigenvalue weighted by molar-refractivity contribution is 0.257. The van der Waals surface area contributed by atoms with Crippen molar-refractivity contribution >= 4 is 31.8 Å². The van der Waals surface area contributed by atoms with E-state index >= 15 is 0 Å². The molecule has 0 aliphatic rings. The summed E-state index contributed by atoms with van der Waals surface area (Å²) >= 11 is 3.16. The Labute approximate surface area is 114 Å². The summed E-state index contributed by atoms with van der Waals surface area (Å²) in [6.45, 7) is 1.71. The molecule has 4 N–H and O–H groups in total. The topological polar surface area (TPSA) is 109 Å². The van der Waals surface area contributed by atoms with Crippen LogP contribution in [0.25, 0.3) is 0 Å². The number of hydrogen-bond acceptors (Lipinski definition) is 6. The highest BCUT2D eigenvalue weighted by molar-refractivity contribution is 9.10. The van der Waals surface area contributed by atoms with Crippen LogP contribution in [0.4, 0.5) is 5.82 Å². The largest absolute Gasteiger partial charge is 0.395 e. The summed E-state index contributed by atoms with van der Waals surface area (Å²) in [5, 5.41) is 8.89. The Morgan fingerprint density at radius 1 is 1.61 bits per heavy atom. The molecule has 0 spiro atoms. The van der Waals surface area contributed by atoms with E-state index in [1.165, 1.54) is 12.3 Å². The molecule has 18 heavy (non-hydrogen) atoms. The van der Waals surface area contributed by atoms with Crippen molar-refractivity contribution in [2.45, 2.75) is 11.8 Å². The van der Waals surface area contributed by atoms with Gasteiger partial charge < -0.3 is 10.5 Å². The summed E-state index contributed by atoms with van der Waals surface area (Å²) in [5.41, 5.74) is 2.25. The van der Waals surface area contributed by atoms with Crippen LogP contribution in [0.1, 0.15) is 6.92 Å². The Kier molecular flexibility index (Phi) is 5.47. The summed E-state index contributed by atoms with van der Waals surface area (Å²) in [4.78, 5) is 3.86. The van der Waals surface area contributed by atoms with Gasteiger partial charge in [0.1, 0.15) is 4.90 Å². The van der Waals surface area contributed by atoms with Crippen molar-refractivity contribution in [2.24, 2.45) is 5.84 Å². The van der Waals surface area contributed by atoms with Gasteiger partial charge in [-0.3, -0.25) is 0 Å². The van der Waals surface area contributed by atoms with E-state index in [0.717, 1.165) is 4.31 Å². The first kappa shape index (κ1) is 15.3. The number of hydrogen-bond donors (Lipinski definition) is 3. The molecule has 0 aliphatic carbocycles. The third kappa shape index (κ3) is 3.18. The Morgan fingerprint density at radius 2 is 2.28 bits per heavy atom. The van der Waals surface area contributed by atoms with Crippen LogP contribution in [0, 0.1) is 0 Å². The zero-order chi connectivity index (χ0) is 13.8. The number of sulfonamides is 1. The first-order valence-corrected chi connectivity index (χ1v) is 7.43. The molecule has 1 rings (SSSR count). The quantitative estimate of drug-likeness (QED) is 0.502. The number of nitrogens with two attached hydrogens (primary N) is 1. The molecule has 0 saturated heterocycles. The zero-order valence-corrected chi connectivity index (χ0v) is 12.2. The van der Waals surface area contributed by atoms with Gasteiger partial charge in [0.05, 0.1) is 6.61 Å². The van der Waals surface area contributed by atoms with Crippen LogP contribution in [-0.2, 0) is 10.0 Å². The molecule has 7 nitrogen and oxygen atoms in total. The van der Waals surface area contributed by atoms with E-state index < -0.39 is 10.0 Å². The number of pyridine rings is 1. The highest BCUT2D eigenvalue weighted by Gasteiger charge is 2.26. The van der Waals surface area contributed by atoms with Crippen LogP contribution < -0.4 is 11.3 Å². The minimum atomic E-state index is -3.74. The van der Waals surface area contributed by atoms with Crippen LogP contribution in [0.2, 0.25) is 0 Å². The fourth-order valence-corrected chi connectivity index (χ4v) is 3.48. The second-order valence-corrected chi connectivity index (χ2v) is 6.19. The molecule has 1 heterocycles. The predicted octanol–water partition coefficient (Wildman–Crippen LogP) is 0.133. The summed E-state index contributed by atoms with van der Waals surface area (Å²) in [7, 11) is -3.74. The Morgan fingerprint density at radius 3 is 2.78 bits per heavy atom. The van der Waals surface area contributed by atoms with Gasteiger partial charge in [-0.2, -0.15) is 4.31 Å². The van der Waals surface area contributed by atoms with Crippen LogP contribution in [0.3, 0.4) is 0 Å². The third-order valence-corrected chi connectivity index (χ3v) is 4.70. The summed E-state index contributed by atoms with van der Waals surface area (Å²) in [5.74, 6) is 5.32. The number of aliphatic hydroxyl groups excluding tert-OH is 1. The average molecular weight is 339 g/mol. The lowest BCUT2D eigenvalue weighted by atomic mass is 10.5. The lowest BCUT2D eigenvalue weighted by Crippen LogP contribution is -2.34. The van der Waals surface area contributed by atoms with Crippen molar-refractivity contribution in [2.75, 3.05) is 25.1 Å². The molecular formula is C9H15BrN4O3S. The van der Waals surface area contributed by atoms with Crippen molar-refractivity contribution in [1.82, 2.24) is 9.29 Å². The molecule has 102 valence electrons. The van der Waals surface area contributed by atoms with Crippen molar-refractivity contribution in [3.8, 4) is 0 Å². The summed E-state index contributed by atoms with van der Waals surface area (Å²) in [6, 6.07) is 1.41. The second kappa shape index (κ2) is 6.43. The highest BCUT2D eigenvalue weighted by atomic mass is 79.9. The number of hydrazine groups is 1. The molecule has 0 unspecified atom stereocenters. The summed E-state index contributed by atoms with van der Waals surface area (Å²) < 4.78 is 26.4. The first-order valence-electron chi connectivity index (χ1n) is 5.20. The van der Waals surface area contributed by atoms with E-state index in [-0.39, 0.29) is 30.4 Å². The van der Waals surface area contributed by atoms with Crippen molar-refractivity contribution in [3.05, 3.63) is 16.7 Å². The van der Waals surface area contributed by atoms with Crippen molar-refractivity contribution < 1.29 is 13.5 Å². The average Bonchev–Trinajstić information content (AvgIpc) is 2.35. The minimum absolute atomic E-state index is 0.0232. The first-order chi connectivity index (χ1) is 8.47. The van der Waals surface area contributed by atoms with E-state index in [2.05, 4.69) is 26.3 Å². The SMILES string of the molecule is CCN(CCO)S(=O)(=O)c1cc(Br)cnc1NN. The van der Waals surface area contributed by atoms with Gasteiger partial charge >= 0.3 is 0 Å². The van der Waals surface area contributed by atoms with Crippen molar-refractivity contribution in [1.29, 1.82) is 0 Å². The molecule has 0 amide bonds. The smallest absolute Gasteiger partial charge is 0.246 e. The molecule has 0 saturated carbocycles. The second-order valence-electron chi connectivity index (χ2n) is 3.36. The predicted molar refractivity (Wildman–Crippen MR) is 71.3 cm³/mol. The molecule has 0 fully saturated rings. The number of likely N-dealkylation sites (N-methyl/N-ethyl adjacent to an activating group) is 1. The maximum absolute atomic E-state index is 12.3. The fourth-order valence-electron chi connectivity index (χ4n) is 1.42. The fraction of sp³-hybridized carbons (Fsp3) is 0.444. The standard InChI is InChI=1S/C9H15BrN4O3S/c1-2-14(3-4-15)18(16,17)8-5-7(10)6-12-9(8)13-11/h5-6,15H,2-4,11H2,1H3,(H,12,13). The summed E-state index contributed by atoms with van der Waals surface area (Å²) in [6.07, 6.45) is 1.44. The number of aliphatic hydroxyl groups is 1. The Balaban J connectivity index is 3.30. The van der Waals surface area contributed by atoms with Gasteiger partial charge in [0.25, 0.3) is 0 Å². The van der Waals surface area contributed by atoms with Gasteiger partial charge in [-0.1, -0.05) is 6.92 Å². The Hall–Kier alpha value is -0.740. The molecule has 1 aromatic rings. The number of nitrogen functional groups attached to an aromatic ring is 1. The van der Waals surface area contributed by atoms with E-state index in [9.17, 15) is 8.42 Å². The van der Waals surface area contributed by atoms with Crippen LogP contribution >= 0.6 is 15.9 Å². The Bertz CT molecular complexity index is 509. The number of nitrogens with zero attached hydrogens (tertiary/aromatic N) is 2. The van der Waals surface area contributed by atoms with E-state index in [1.54, 1.807) is 6.92 Å². The minimum Gasteiger partial charge on any atom is -0.395 e. The molecule has 0 aromatic carbocycles. The molecule has 1 aromatic heterocycles. The van der Waals surface area contributed by atoms with Crippen molar-refractivity contribution in [3.63, 3.8) is 0 Å². The number of anilines is 1. The maximum atomic E-state index is 12.3. The monoisotopic (exact) mass is 338 g/mol. The number of rotatable bonds is 6. The van der Waals surface area contributed by atoms with Gasteiger partial charge in [0.15, 0.2) is 5.82 Å². The van der Waals surface area contributed by atoms with Gasteiger partial charge in [0.2, 0.25) is 10.0 Å². The van der Waals surface area contributed by atoms with Crippen LogP contribution in [0.15, 0.2) is 21.6 Å². The number of halogens is 1. The van der Waals surface area contributed by atoms with E-state index in [1.807, 2.05) is 0 Å². The van der Waals surface area contributed by atoms with Gasteiger partial charge in [-0.05, 0) is 22.0 Å². The van der Waals surface area contributed by atoms with Gasteiger partial charge in [0, 0.05) is 23.8 Å². The molecule has 0 aliphatic heterocycles. The third-order valence-electron chi connectivity index (χ3n) is 2.28. The number of nitrogens with one attached hydrogen (secondary N) is 1. The molecular weight excluding hydrogens is 324 g/mol. The molecule has 0 atom stereocenters. The van der Waals surface area contributed by atoms with Gasteiger partial charge in [-0.15, -0.1) is 0 Å². The molecule has 9 heteroatoms. The lowest BCUT2D eigenvalue weighted by Gasteiger charge is -2.20. The normalized spacial score (nSPS) is 11.8. The van der Waals surface area contributed by atoms with Crippen LogP contribution in [0.5, 0.6) is 0 Å². The number of aromatic nitrogens is 1. The highest BCUT2D eigenvalue weighted by Crippen LogP contribution is 2.25. The zero-order valence-electron chi connectivity index (χ0n) is 9.80. The van der Waals surface area contributed by atoms with Gasteiger partial charge in [-0.25, -0.2) is 19.2 Å². The molecule has 0 radical (unpaired) electrons. The van der Waals surface area contributed by atoms with E-state index in [4.69, 9.17) is 10.9 Å². The maximum Gasteiger partial charge on any atom is 0.246 e. The van der Waals surface area contributed by atoms with E-state index in [0.29, 0.717) is 4.47 Å². The molecule has 0 bridgehead atoms. The van der Waals surface area contributed by atoms with Crippen LogP contribution in [-0.4, -0.2) is 42.5 Å².